The van der Waals surface area contributed by atoms with Crippen molar-refractivity contribution in [3.05, 3.63) is 78.2 Å². The maximum atomic E-state index is 12.5. The Morgan fingerprint density at radius 1 is 0.533 bits per heavy atom. The zero-order chi connectivity index (χ0) is 20.3. The third-order valence-corrected chi connectivity index (χ3v) is 7.07. The summed E-state index contributed by atoms with van der Waals surface area (Å²) in [4.78, 5) is 25.1. The van der Waals surface area contributed by atoms with Crippen molar-refractivity contribution < 1.29 is 8.83 Å². The van der Waals surface area contributed by atoms with E-state index in [0.717, 1.165) is 69.1 Å². The molecule has 2 aliphatic carbocycles. The molecule has 0 spiro atoms. The topological polar surface area (TPSA) is 60.4 Å². The highest BCUT2D eigenvalue weighted by molar-refractivity contribution is 6.26. The van der Waals surface area contributed by atoms with E-state index in [-0.39, 0.29) is 11.3 Å². The fraction of sp³-hybridized carbons (Fsp3) is 0.154. The summed E-state index contributed by atoms with van der Waals surface area (Å²) in [5, 5.41) is 7.73. The van der Waals surface area contributed by atoms with Crippen LogP contribution in [0.2, 0.25) is 0 Å². The average molecular weight is 392 g/mol. The highest BCUT2D eigenvalue weighted by Gasteiger charge is 2.27. The summed E-state index contributed by atoms with van der Waals surface area (Å²) in [6.07, 6.45) is 3.33. The van der Waals surface area contributed by atoms with Gasteiger partial charge in [0.1, 0.15) is 10.8 Å². The van der Waals surface area contributed by atoms with Crippen LogP contribution in [-0.2, 0) is 25.7 Å². The van der Waals surface area contributed by atoms with Gasteiger partial charge in [-0.25, -0.2) is 9.59 Å². The first kappa shape index (κ1) is 16.2. The molecule has 0 fully saturated rings. The van der Waals surface area contributed by atoms with Gasteiger partial charge in [0.05, 0.1) is 10.8 Å². The first-order valence-corrected chi connectivity index (χ1v) is 10.2. The van der Waals surface area contributed by atoms with E-state index >= 15 is 0 Å². The Labute approximate surface area is 169 Å². The lowest BCUT2D eigenvalue weighted by Gasteiger charge is -2.26. The standard InChI is InChI=1S/C26H16O4/c1-11-13-3-5-15-16-6-4-14-12(2)30-26(28)20-10-8-18(24(16)22(14)20)17-7-9-19(25(27)29-11)21(13)23(15)17/h7-10H,1-6H2. The molecular weight excluding hydrogens is 376 g/mol. The largest absolute Gasteiger partial charge is 0.423 e. The highest BCUT2D eigenvalue weighted by Crippen LogP contribution is 2.44. The van der Waals surface area contributed by atoms with Crippen molar-refractivity contribution in [2.24, 2.45) is 0 Å². The van der Waals surface area contributed by atoms with Gasteiger partial charge in [0.25, 0.3) is 0 Å². The molecule has 4 heteroatoms. The zero-order valence-corrected chi connectivity index (χ0v) is 16.2. The van der Waals surface area contributed by atoms with E-state index in [4.69, 9.17) is 8.83 Å². The molecular formula is C26H16O4. The van der Waals surface area contributed by atoms with Crippen LogP contribution in [0.15, 0.2) is 42.7 Å². The van der Waals surface area contributed by atoms with Gasteiger partial charge in [-0.15, -0.1) is 0 Å². The molecule has 144 valence electrons. The number of aryl methyl sites for hydroxylation is 4. The van der Waals surface area contributed by atoms with Gasteiger partial charge in [0, 0.05) is 21.9 Å². The van der Waals surface area contributed by atoms with Gasteiger partial charge in [0.15, 0.2) is 0 Å². The number of rotatable bonds is 0. The number of hydrogen-bond donors (Lipinski definition) is 0. The molecule has 3 aromatic carbocycles. The smallest absolute Gasteiger partial charge is 0.344 e. The Morgan fingerprint density at radius 2 is 0.867 bits per heavy atom. The fourth-order valence-electron chi connectivity index (χ4n) is 5.87. The molecule has 0 atom stereocenters. The van der Waals surface area contributed by atoms with Crippen LogP contribution in [-0.4, -0.2) is 0 Å². The van der Waals surface area contributed by atoms with Gasteiger partial charge < -0.3 is 8.83 Å². The van der Waals surface area contributed by atoms with Crippen LogP contribution in [0.3, 0.4) is 0 Å². The van der Waals surface area contributed by atoms with Crippen molar-refractivity contribution in [1.29, 1.82) is 0 Å². The minimum Gasteiger partial charge on any atom is -0.423 e. The van der Waals surface area contributed by atoms with E-state index in [1.807, 2.05) is 24.3 Å². The molecule has 0 radical (unpaired) electrons. The first-order chi connectivity index (χ1) is 14.5. The van der Waals surface area contributed by atoms with E-state index in [1.165, 1.54) is 11.1 Å². The van der Waals surface area contributed by atoms with Crippen molar-refractivity contribution in [3.63, 3.8) is 0 Å². The highest BCUT2D eigenvalue weighted by atomic mass is 16.4. The average Bonchev–Trinajstić information content (AvgIpc) is 2.74. The van der Waals surface area contributed by atoms with E-state index in [1.54, 1.807) is 0 Å². The molecule has 4 nitrogen and oxygen atoms in total. The second-order valence-corrected chi connectivity index (χ2v) is 8.36. The van der Waals surface area contributed by atoms with E-state index in [9.17, 15) is 9.59 Å². The van der Waals surface area contributed by atoms with E-state index < -0.39 is 0 Å². The van der Waals surface area contributed by atoms with E-state index in [0.29, 0.717) is 21.6 Å². The Kier molecular flexibility index (Phi) is 2.74. The molecule has 0 unspecified atom stereocenters. The minimum atomic E-state index is -0.331. The van der Waals surface area contributed by atoms with Crippen LogP contribution < -0.4 is 22.1 Å². The Hall–Kier alpha value is -3.66. The summed E-state index contributed by atoms with van der Waals surface area (Å²) in [5.74, 6) is 0. The molecule has 0 saturated carbocycles. The number of benzene rings is 3. The van der Waals surface area contributed by atoms with E-state index in [2.05, 4.69) is 13.2 Å². The lowest BCUT2D eigenvalue weighted by molar-refractivity contribution is 0.480. The van der Waals surface area contributed by atoms with Gasteiger partial charge in [-0.3, -0.25) is 0 Å². The van der Waals surface area contributed by atoms with Crippen molar-refractivity contribution in [2.45, 2.75) is 25.7 Å². The molecule has 0 aliphatic heterocycles. The predicted molar refractivity (Wildman–Crippen MR) is 119 cm³/mol. The Bertz CT molecular complexity index is 1730. The summed E-state index contributed by atoms with van der Waals surface area (Å²) in [5.41, 5.74) is 4.93. The Morgan fingerprint density at radius 3 is 1.30 bits per heavy atom. The molecule has 0 amide bonds. The molecule has 30 heavy (non-hydrogen) atoms. The van der Waals surface area contributed by atoms with Gasteiger partial charge in [-0.05, 0) is 70.5 Å². The summed E-state index contributed by atoms with van der Waals surface area (Å²) in [6.45, 7) is 7.99. The van der Waals surface area contributed by atoms with Crippen molar-refractivity contribution >= 4 is 56.2 Å². The first-order valence-electron chi connectivity index (χ1n) is 10.2. The lowest BCUT2D eigenvalue weighted by atomic mass is 9.77. The van der Waals surface area contributed by atoms with Gasteiger partial charge in [-0.1, -0.05) is 25.3 Å². The summed E-state index contributed by atoms with van der Waals surface area (Å²) in [6, 6.07) is 7.77. The third-order valence-electron chi connectivity index (χ3n) is 7.07. The van der Waals surface area contributed by atoms with Crippen molar-refractivity contribution in [1.82, 2.24) is 0 Å². The van der Waals surface area contributed by atoms with Crippen LogP contribution in [0, 0.1) is 0 Å². The maximum Gasteiger partial charge on any atom is 0.344 e. The van der Waals surface area contributed by atoms with Crippen LogP contribution in [0.1, 0.15) is 22.3 Å². The molecule has 2 aliphatic rings. The summed E-state index contributed by atoms with van der Waals surface area (Å²) < 4.78 is 10.8. The van der Waals surface area contributed by atoms with Gasteiger partial charge in [0.2, 0.25) is 0 Å². The third kappa shape index (κ3) is 1.70. The summed E-state index contributed by atoms with van der Waals surface area (Å²) in [7, 11) is 0. The van der Waals surface area contributed by atoms with Crippen LogP contribution in [0.5, 0.6) is 0 Å². The molecule has 5 aromatic rings. The number of fused-ring (bicyclic) bond motifs is 2. The van der Waals surface area contributed by atoms with Crippen molar-refractivity contribution in [3.8, 4) is 0 Å². The summed E-state index contributed by atoms with van der Waals surface area (Å²) >= 11 is 0. The molecule has 0 N–H and O–H groups in total. The van der Waals surface area contributed by atoms with Gasteiger partial charge in [-0.2, -0.15) is 0 Å². The quantitative estimate of drug-likeness (QED) is 0.380. The fourth-order valence-corrected chi connectivity index (χ4v) is 5.87. The SMILES string of the molecule is C=c1oc(=O)c2ccc3c4ccc5c(=O)oc(=C)c6c5c4c(c4c3c2c1CC4)CC6. The molecule has 2 heterocycles. The molecule has 7 rings (SSSR count). The van der Waals surface area contributed by atoms with Gasteiger partial charge >= 0.3 is 11.3 Å². The van der Waals surface area contributed by atoms with Crippen LogP contribution >= 0.6 is 0 Å². The number of hydrogen-bond acceptors (Lipinski definition) is 4. The van der Waals surface area contributed by atoms with Crippen LogP contribution in [0.4, 0.5) is 0 Å². The predicted octanol–water partition coefficient (Wildman–Crippen LogP) is 3.22. The second kappa shape index (κ2) is 5.08. The monoisotopic (exact) mass is 392 g/mol. The minimum absolute atomic E-state index is 0.331. The molecule has 0 saturated heterocycles. The van der Waals surface area contributed by atoms with Crippen LogP contribution in [0.25, 0.3) is 56.2 Å². The molecule has 2 aromatic heterocycles. The van der Waals surface area contributed by atoms with Crippen molar-refractivity contribution in [2.75, 3.05) is 0 Å². The Balaban J connectivity index is 1.88. The zero-order valence-electron chi connectivity index (χ0n) is 16.2. The second-order valence-electron chi connectivity index (χ2n) is 8.36. The normalized spacial score (nSPS) is 14.7. The lowest BCUT2D eigenvalue weighted by Crippen LogP contribution is -2.22. The maximum absolute atomic E-state index is 12.5. The molecule has 0 bridgehead atoms.